The molecule has 0 saturated heterocycles. The molecule has 0 amide bonds. The standard InChI is InChI=1S/C7H12NOP/c1-7-2-4-8(5-3-7)6-10-9/h2H,3-6H2,1H3. The lowest BCUT2D eigenvalue weighted by atomic mass is 10.1. The van der Waals surface area contributed by atoms with Gasteiger partial charge in [-0.1, -0.05) is 11.6 Å². The van der Waals surface area contributed by atoms with Crippen molar-refractivity contribution in [2.75, 3.05) is 19.4 Å². The Morgan fingerprint density at radius 1 is 1.80 bits per heavy atom. The summed E-state index contributed by atoms with van der Waals surface area (Å²) in [7, 11) is 0.242. The van der Waals surface area contributed by atoms with Crippen LogP contribution in [0.25, 0.3) is 0 Å². The highest BCUT2D eigenvalue weighted by atomic mass is 31.1. The molecule has 0 aromatic heterocycles. The summed E-state index contributed by atoms with van der Waals surface area (Å²) in [4.78, 5) is 2.18. The average molecular weight is 157 g/mol. The molecule has 0 spiro atoms. The highest BCUT2D eigenvalue weighted by Crippen LogP contribution is 2.11. The molecule has 56 valence electrons. The van der Waals surface area contributed by atoms with E-state index in [-0.39, 0.29) is 8.46 Å². The van der Waals surface area contributed by atoms with E-state index in [0.29, 0.717) is 6.29 Å². The molecule has 2 nitrogen and oxygen atoms in total. The Bertz CT molecular complexity index is 156. The van der Waals surface area contributed by atoms with Crippen LogP contribution in [0.3, 0.4) is 0 Å². The Morgan fingerprint density at radius 2 is 2.60 bits per heavy atom. The minimum atomic E-state index is 0.242. The Labute approximate surface area is 63.1 Å². The fraction of sp³-hybridized carbons (Fsp3) is 0.714. The smallest absolute Gasteiger partial charge is 0.170 e. The van der Waals surface area contributed by atoms with Gasteiger partial charge >= 0.3 is 0 Å². The van der Waals surface area contributed by atoms with E-state index >= 15 is 0 Å². The van der Waals surface area contributed by atoms with Crippen molar-refractivity contribution in [3.8, 4) is 0 Å². The second kappa shape index (κ2) is 3.85. The second-order valence-electron chi connectivity index (χ2n) is 2.65. The van der Waals surface area contributed by atoms with Crippen molar-refractivity contribution in [2.24, 2.45) is 0 Å². The predicted octanol–water partition coefficient (Wildman–Crippen LogP) is 1.89. The van der Waals surface area contributed by atoms with E-state index in [1.54, 1.807) is 0 Å². The Hall–Kier alpha value is -0.200. The molecule has 0 radical (unpaired) electrons. The van der Waals surface area contributed by atoms with E-state index in [0.717, 1.165) is 19.5 Å². The lowest BCUT2D eigenvalue weighted by Gasteiger charge is -2.21. The Balaban J connectivity index is 2.34. The minimum Gasteiger partial charge on any atom is -0.289 e. The molecule has 0 bridgehead atoms. The van der Waals surface area contributed by atoms with Gasteiger partial charge in [0.2, 0.25) is 0 Å². The van der Waals surface area contributed by atoms with Crippen molar-refractivity contribution in [2.45, 2.75) is 13.3 Å². The maximum atomic E-state index is 10.2. The maximum Gasteiger partial charge on any atom is 0.170 e. The molecular formula is C7H12NOP. The normalized spacial score (nSPS) is 21.1. The van der Waals surface area contributed by atoms with Crippen LogP contribution in [0.1, 0.15) is 13.3 Å². The zero-order valence-corrected chi connectivity index (χ0v) is 7.10. The fourth-order valence-electron chi connectivity index (χ4n) is 1.02. The minimum absolute atomic E-state index is 0.242. The Kier molecular flexibility index (Phi) is 3.04. The molecule has 0 atom stereocenters. The van der Waals surface area contributed by atoms with Crippen molar-refractivity contribution in [3.63, 3.8) is 0 Å². The highest BCUT2D eigenvalue weighted by Gasteiger charge is 2.07. The van der Waals surface area contributed by atoms with Crippen molar-refractivity contribution in [1.29, 1.82) is 0 Å². The van der Waals surface area contributed by atoms with Crippen LogP contribution in [0.15, 0.2) is 11.6 Å². The molecule has 10 heavy (non-hydrogen) atoms. The molecule has 1 aliphatic rings. The van der Waals surface area contributed by atoms with Crippen LogP contribution in [-0.2, 0) is 4.57 Å². The first-order chi connectivity index (χ1) is 4.83. The quantitative estimate of drug-likeness (QED) is 0.450. The van der Waals surface area contributed by atoms with E-state index in [1.807, 2.05) is 0 Å². The molecule has 0 unspecified atom stereocenters. The van der Waals surface area contributed by atoms with Crippen molar-refractivity contribution >= 4 is 8.46 Å². The van der Waals surface area contributed by atoms with Crippen LogP contribution in [0, 0.1) is 0 Å². The summed E-state index contributed by atoms with van der Waals surface area (Å²) in [5.74, 6) is 0. The van der Waals surface area contributed by atoms with Gasteiger partial charge < -0.3 is 0 Å². The van der Waals surface area contributed by atoms with Gasteiger partial charge in [-0.15, -0.1) is 0 Å². The first kappa shape index (κ1) is 7.90. The monoisotopic (exact) mass is 157 g/mol. The highest BCUT2D eigenvalue weighted by molar-refractivity contribution is 7.23. The van der Waals surface area contributed by atoms with Crippen molar-refractivity contribution in [1.82, 2.24) is 4.90 Å². The molecule has 3 heteroatoms. The number of hydrogen-bond acceptors (Lipinski definition) is 2. The molecule has 0 aromatic rings. The third kappa shape index (κ3) is 2.20. The van der Waals surface area contributed by atoms with Gasteiger partial charge in [0.15, 0.2) is 8.46 Å². The van der Waals surface area contributed by atoms with Crippen LogP contribution in [0.2, 0.25) is 0 Å². The summed E-state index contributed by atoms with van der Waals surface area (Å²) in [6.07, 6.45) is 4.02. The third-order valence-electron chi connectivity index (χ3n) is 1.78. The molecule has 0 N–H and O–H groups in total. The summed E-state index contributed by atoms with van der Waals surface area (Å²) in [5, 5.41) is 0. The molecule has 1 heterocycles. The second-order valence-corrected chi connectivity index (χ2v) is 3.19. The van der Waals surface area contributed by atoms with Crippen molar-refractivity contribution < 1.29 is 4.57 Å². The van der Waals surface area contributed by atoms with E-state index < -0.39 is 0 Å². The summed E-state index contributed by atoms with van der Waals surface area (Å²) in [5.41, 5.74) is 1.46. The number of rotatable bonds is 2. The van der Waals surface area contributed by atoms with Crippen LogP contribution in [0.5, 0.6) is 0 Å². The number of hydrogen-bond donors (Lipinski definition) is 0. The van der Waals surface area contributed by atoms with Gasteiger partial charge in [-0.2, -0.15) is 0 Å². The fourth-order valence-corrected chi connectivity index (χ4v) is 1.44. The van der Waals surface area contributed by atoms with Crippen LogP contribution >= 0.6 is 8.46 Å². The topological polar surface area (TPSA) is 20.3 Å². The van der Waals surface area contributed by atoms with Crippen LogP contribution in [-0.4, -0.2) is 24.3 Å². The molecule has 1 rings (SSSR count). The lowest BCUT2D eigenvalue weighted by Crippen LogP contribution is -2.26. The SMILES string of the molecule is CC1=CCN(CP=O)CC1. The van der Waals surface area contributed by atoms with E-state index in [1.165, 1.54) is 5.57 Å². The van der Waals surface area contributed by atoms with Crippen LogP contribution in [0.4, 0.5) is 0 Å². The lowest BCUT2D eigenvalue weighted by molar-refractivity contribution is 0.340. The molecule has 0 saturated carbocycles. The summed E-state index contributed by atoms with van der Waals surface area (Å²) in [6.45, 7) is 4.19. The summed E-state index contributed by atoms with van der Waals surface area (Å²) in [6, 6.07) is 0. The zero-order chi connectivity index (χ0) is 7.40. The first-order valence-electron chi connectivity index (χ1n) is 3.50. The molecular weight excluding hydrogens is 145 g/mol. The molecule has 1 aliphatic heterocycles. The maximum absolute atomic E-state index is 10.2. The predicted molar refractivity (Wildman–Crippen MR) is 42.4 cm³/mol. The van der Waals surface area contributed by atoms with Gasteiger partial charge in [-0.05, 0) is 13.3 Å². The van der Waals surface area contributed by atoms with Crippen LogP contribution < -0.4 is 0 Å². The van der Waals surface area contributed by atoms with Gasteiger partial charge in [0.05, 0.1) is 6.29 Å². The van der Waals surface area contributed by atoms with E-state index in [4.69, 9.17) is 0 Å². The molecule has 0 aliphatic carbocycles. The van der Waals surface area contributed by atoms with Gasteiger partial charge in [0, 0.05) is 13.1 Å². The van der Waals surface area contributed by atoms with E-state index in [2.05, 4.69) is 17.9 Å². The molecule has 0 fully saturated rings. The van der Waals surface area contributed by atoms with Gasteiger partial charge in [0.1, 0.15) is 0 Å². The van der Waals surface area contributed by atoms with Crippen molar-refractivity contribution in [3.05, 3.63) is 11.6 Å². The average Bonchev–Trinajstić information content (AvgIpc) is 1.95. The van der Waals surface area contributed by atoms with Gasteiger partial charge in [-0.3, -0.25) is 9.46 Å². The Morgan fingerprint density at radius 3 is 3.10 bits per heavy atom. The summed E-state index contributed by atoms with van der Waals surface area (Å²) >= 11 is 0. The zero-order valence-electron chi connectivity index (χ0n) is 6.21. The third-order valence-corrected chi connectivity index (χ3v) is 2.29. The first-order valence-corrected chi connectivity index (χ1v) is 4.50. The largest absolute Gasteiger partial charge is 0.289 e. The van der Waals surface area contributed by atoms with E-state index in [9.17, 15) is 4.57 Å². The number of nitrogens with zero attached hydrogens (tertiary/aromatic N) is 1. The van der Waals surface area contributed by atoms with Gasteiger partial charge in [-0.25, -0.2) is 0 Å². The summed E-state index contributed by atoms with van der Waals surface area (Å²) < 4.78 is 10.2. The van der Waals surface area contributed by atoms with Gasteiger partial charge in [0.25, 0.3) is 0 Å². The molecule has 0 aromatic carbocycles.